The highest BCUT2D eigenvalue weighted by molar-refractivity contribution is 6.22. The van der Waals surface area contributed by atoms with Gasteiger partial charge in [0.15, 0.2) is 0 Å². The van der Waals surface area contributed by atoms with E-state index in [0.717, 1.165) is 54.1 Å². The Kier molecular flexibility index (Phi) is 5.46. The second-order valence-electron chi connectivity index (χ2n) is 9.39. The Morgan fingerprint density at radius 3 is 2.45 bits per heavy atom. The molecule has 0 radical (unpaired) electrons. The lowest BCUT2D eigenvalue weighted by atomic mass is 9.81. The summed E-state index contributed by atoms with van der Waals surface area (Å²) in [4.78, 5) is 17.8. The molecule has 3 aromatic rings. The van der Waals surface area contributed by atoms with Crippen LogP contribution in [0.2, 0.25) is 0 Å². The number of furan rings is 1. The van der Waals surface area contributed by atoms with Crippen molar-refractivity contribution in [3.8, 4) is 11.1 Å². The molecule has 0 aliphatic carbocycles. The Morgan fingerprint density at radius 2 is 1.76 bits per heavy atom. The van der Waals surface area contributed by atoms with Gasteiger partial charge in [-0.1, -0.05) is 12.1 Å². The van der Waals surface area contributed by atoms with Crippen LogP contribution in [-0.2, 0) is 10.3 Å². The highest BCUT2D eigenvalue weighted by Crippen LogP contribution is 2.37. The number of hydrogen-bond acceptors (Lipinski definition) is 5. The van der Waals surface area contributed by atoms with Gasteiger partial charge in [0.05, 0.1) is 23.6 Å². The fourth-order valence-electron chi connectivity index (χ4n) is 4.59. The number of benzene rings is 2. The Labute approximate surface area is 194 Å². The van der Waals surface area contributed by atoms with Crippen LogP contribution in [0, 0.1) is 0 Å². The van der Waals surface area contributed by atoms with Gasteiger partial charge in [-0.05, 0) is 74.0 Å². The largest absolute Gasteiger partial charge is 0.472 e. The average molecular weight is 443 g/mol. The molecular formula is C27H30N4O2. The van der Waals surface area contributed by atoms with Gasteiger partial charge in [-0.3, -0.25) is 4.79 Å². The zero-order valence-electron chi connectivity index (χ0n) is 19.4. The van der Waals surface area contributed by atoms with Crippen LogP contribution >= 0.6 is 0 Å². The quantitative estimate of drug-likeness (QED) is 0.582. The van der Waals surface area contributed by atoms with E-state index < -0.39 is 5.54 Å². The molecule has 1 fully saturated rings. The molecule has 3 heterocycles. The zero-order valence-corrected chi connectivity index (χ0v) is 19.4. The van der Waals surface area contributed by atoms with Gasteiger partial charge in [0.2, 0.25) is 0 Å². The molecule has 0 saturated carbocycles. The number of hydrogen-bond donors (Lipinski definition) is 2. The predicted octanol–water partition coefficient (Wildman–Crippen LogP) is 4.52. The molecule has 1 saturated heterocycles. The molecule has 2 aliphatic rings. The number of amides is 1. The first-order valence-corrected chi connectivity index (χ1v) is 11.4. The maximum atomic E-state index is 13.0. The molecule has 2 aromatic carbocycles. The Balaban J connectivity index is 1.41. The smallest absolute Gasteiger partial charge is 0.254 e. The second-order valence-corrected chi connectivity index (χ2v) is 9.39. The van der Waals surface area contributed by atoms with Crippen molar-refractivity contribution in [2.24, 2.45) is 0 Å². The van der Waals surface area contributed by atoms with Gasteiger partial charge in [-0.25, -0.2) is 0 Å². The van der Waals surface area contributed by atoms with Crippen LogP contribution in [0.5, 0.6) is 0 Å². The van der Waals surface area contributed by atoms with Crippen molar-refractivity contribution in [3.63, 3.8) is 0 Å². The third kappa shape index (κ3) is 4.26. The molecule has 5 rings (SSSR count). The van der Waals surface area contributed by atoms with Gasteiger partial charge in [0.1, 0.15) is 0 Å². The Morgan fingerprint density at radius 1 is 1.00 bits per heavy atom. The maximum absolute atomic E-state index is 13.0. The molecule has 1 amide bonds. The number of fused-ring (bicyclic) bond motifs is 1. The maximum Gasteiger partial charge on any atom is 0.254 e. The highest BCUT2D eigenvalue weighted by atomic mass is 16.3. The van der Waals surface area contributed by atoms with E-state index in [0.29, 0.717) is 5.57 Å². The molecule has 1 aromatic heterocycles. The fourth-order valence-corrected chi connectivity index (χ4v) is 4.59. The normalized spacial score (nSPS) is 19.3. The summed E-state index contributed by atoms with van der Waals surface area (Å²) >= 11 is 0. The van der Waals surface area contributed by atoms with E-state index in [1.54, 1.807) is 12.5 Å². The summed E-state index contributed by atoms with van der Waals surface area (Å²) in [5.41, 5.74) is 6.40. The zero-order chi connectivity index (χ0) is 23.0. The van der Waals surface area contributed by atoms with Crippen LogP contribution in [0.25, 0.3) is 16.7 Å². The molecule has 0 bridgehead atoms. The van der Waals surface area contributed by atoms with E-state index in [-0.39, 0.29) is 5.91 Å². The van der Waals surface area contributed by atoms with Crippen LogP contribution < -0.4 is 15.5 Å². The van der Waals surface area contributed by atoms with Gasteiger partial charge in [0, 0.05) is 49.3 Å². The molecule has 2 N–H and O–H groups in total. The number of likely N-dealkylation sites (N-methyl/N-ethyl adjacent to an activating group) is 1. The third-order valence-corrected chi connectivity index (χ3v) is 6.63. The summed E-state index contributed by atoms with van der Waals surface area (Å²) in [7, 11) is 2.16. The van der Waals surface area contributed by atoms with Gasteiger partial charge in [-0.15, -0.1) is 0 Å². The third-order valence-electron chi connectivity index (χ3n) is 6.63. The minimum atomic E-state index is -0.442. The van der Waals surface area contributed by atoms with E-state index in [1.807, 2.05) is 26.1 Å². The molecule has 0 spiro atoms. The predicted molar refractivity (Wildman–Crippen MR) is 133 cm³/mol. The van der Waals surface area contributed by atoms with Crippen LogP contribution in [0.4, 0.5) is 11.4 Å². The van der Waals surface area contributed by atoms with E-state index in [1.165, 1.54) is 5.69 Å². The molecule has 0 unspecified atom stereocenters. The van der Waals surface area contributed by atoms with Gasteiger partial charge in [-0.2, -0.15) is 0 Å². The van der Waals surface area contributed by atoms with E-state index in [4.69, 9.17) is 4.42 Å². The molecule has 0 atom stereocenters. The fraction of sp³-hybridized carbons (Fsp3) is 0.296. The van der Waals surface area contributed by atoms with Gasteiger partial charge >= 0.3 is 0 Å². The standard InChI is InChI=1S/C27H30N4O2/c1-27(2)25-9-4-19(20-10-15-33-18-20)16-23(25)24(26(32)29-27)17-28-21-5-7-22(8-6-21)31-13-11-30(3)12-14-31/h4-10,15-18,28H,11-14H2,1-3H3,(H,29,32)/b24-17-. The number of carbonyl (C=O) groups is 1. The first-order chi connectivity index (χ1) is 15.9. The minimum absolute atomic E-state index is 0.0848. The molecule has 6 nitrogen and oxygen atoms in total. The Bertz CT molecular complexity index is 1170. The van der Waals surface area contributed by atoms with Crippen LogP contribution in [0.1, 0.15) is 25.0 Å². The van der Waals surface area contributed by atoms with Crippen molar-refractivity contribution in [2.75, 3.05) is 43.4 Å². The van der Waals surface area contributed by atoms with Crippen molar-refractivity contribution >= 4 is 22.9 Å². The van der Waals surface area contributed by atoms with Crippen LogP contribution in [-0.4, -0.2) is 44.0 Å². The monoisotopic (exact) mass is 442 g/mol. The van der Waals surface area contributed by atoms with Crippen molar-refractivity contribution < 1.29 is 9.21 Å². The summed E-state index contributed by atoms with van der Waals surface area (Å²) in [5, 5.41) is 6.47. The summed E-state index contributed by atoms with van der Waals surface area (Å²) < 4.78 is 5.25. The van der Waals surface area contributed by atoms with Gasteiger partial charge in [0.25, 0.3) is 5.91 Å². The number of rotatable bonds is 4. The van der Waals surface area contributed by atoms with Crippen molar-refractivity contribution in [1.29, 1.82) is 0 Å². The number of anilines is 2. The lowest BCUT2D eigenvalue weighted by Crippen LogP contribution is -2.45. The SMILES string of the molecule is CN1CCN(c2ccc(N/C=C3\C(=O)NC(C)(C)c4ccc(-c5ccoc5)cc43)cc2)CC1. The van der Waals surface area contributed by atoms with Crippen molar-refractivity contribution in [3.05, 3.63) is 78.4 Å². The average Bonchev–Trinajstić information content (AvgIpc) is 3.34. The van der Waals surface area contributed by atoms with E-state index >= 15 is 0 Å². The second kappa shape index (κ2) is 8.45. The first kappa shape index (κ1) is 21.3. The summed E-state index contributed by atoms with van der Waals surface area (Å²) in [6.45, 7) is 8.30. The molecule has 33 heavy (non-hydrogen) atoms. The number of piperazine rings is 1. The number of nitrogens with zero attached hydrogens (tertiary/aromatic N) is 2. The summed E-state index contributed by atoms with van der Waals surface area (Å²) in [5.74, 6) is -0.0848. The number of carbonyl (C=O) groups excluding carboxylic acids is 1. The molecule has 2 aliphatic heterocycles. The van der Waals surface area contributed by atoms with E-state index in [9.17, 15) is 4.79 Å². The van der Waals surface area contributed by atoms with Crippen LogP contribution in [0.15, 0.2) is 71.7 Å². The lowest BCUT2D eigenvalue weighted by molar-refractivity contribution is -0.117. The van der Waals surface area contributed by atoms with Crippen molar-refractivity contribution in [1.82, 2.24) is 10.2 Å². The molecular weight excluding hydrogens is 412 g/mol. The Hall–Kier alpha value is -3.51. The number of nitrogens with one attached hydrogen (secondary N) is 2. The lowest BCUT2D eigenvalue weighted by Gasteiger charge is -2.35. The molecule has 170 valence electrons. The minimum Gasteiger partial charge on any atom is -0.472 e. The summed E-state index contributed by atoms with van der Waals surface area (Å²) in [6, 6.07) is 16.6. The first-order valence-electron chi connectivity index (χ1n) is 11.4. The van der Waals surface area contributed by atoms with Crippen LogP contribution in [0.3, 0.4) is 0 Å². The van der Waals surface area contributed by atoms with Crippen molar-refractivity contribution in [2.45, 2.75) is 19.4 Å². The van der Waals surface area contributed by atoms with Gasteiger partial charge < -0.3 is 24.9 Å². The highest BCUT2D eigenvalue weighted by Gasteiger charge is 2.34. The molecule has 6 heteroatoms. The topological polar surface area (TPSA) is 60.8 Å². The summed E-state index contributed by atoms with van der Waals surface area (Å²) in [6.07, 6.45) is 5.20. The van der Waals surface area contributed by atoms with E-state index in [2.05, 4.69) is 69.9 Å².